The van der Waals surface area contributed by atoms with Gasteiger partial charge in [-0.25, -0.2) is 9.18 Å². The maximum Gasteiger partial charge on any atom is 0.341 e. The predicted octanol–water partition coefficient (Wildman–Crippen LogP) is 2.29. The molecule has 1 aliphatic carbocycles. The molecule has 2 aromatic rings. The molecule has 2 saturated heterocycles. The molecule has 0 unspecified atom stereocenters. The molecule has 7 nitrogen and oxygen atoms in total. The number of benzene rings is 1. The minimum Gasteiger partial charge on any atom is -0.449 e. The van der Waals surface area contributed by atoms with Crippen molar-refractivity contribution in [1.82, 2.24) is 9.88 Å². The Kier molecular flexibility index (Phi) is 3.65. The number of ether oxygens (including phenoxy) is 1. The minimum absolute atomic E-state index is 0.0201. The Bertz CT molecular complexity index is 1160. The van der Waals surface area contributed by atoms with Crippen LogP contribution >= 0.6 is 0 Å². The van der Waals surface area contributed by atoms with Crippen LogP contribution in [0.2, 0.25) is 0 Å². The van der Waals surface area contributed by atoms with Crippen molar-refractivity contribution in [3.05, 3.63) is 59.2 Å². The molecule has 6 rings (SSSR count). The molecule has 31 heavy (non-hydrogen) atoms. The minimum atomic E-state index is -0.878. The monoisotopic (exact) mass is 421 g/mol. The lowest BCUT2D eigenvalue weighted by Crippen LogP contribution is -2.43. The predicted molar refractivity (Wildman–Crippen MR) is 107 cm³/mol. The molecular formula is C23H20FN3O4. The van der Waals surface area contributed by atoms with Crippen LogP contribution in [0.15, 0.2) is 36.7 Å². The highest BCUT2D eigenvalue weighted by atomic mass is 19.1. The van der Waals surface area contributed by atoms with Crippen molar-refractivity contribution < 1.29 is 23.5 Å². The van der Waals surface area contributed by atoms with Crippen molar-refractivity contribution in [2.45, 2.75) is 36.7 Å². The number of carbonyl (C=O) groups is 3. The van der Waals surface area contributed by atoms with Gasteiger partial charge in [0.2, 0.25) is 11.8 Å². The zero-order chi connectivity index (χ0) is 21.4. The molecule has 1 atom stereocenters. The number of rotatable bonds is 3. The van der Waals surface area contributed by atoms with E-state index in [2.05, 4.69) is 4.98 Å². The quantitative estimate of drug-likeness (QED) is 0.561. The van der Waals surface area contributed by atoms with Gasteiger partial charge in [-0.1, -0.05) is 6.07 Å². The lowest BCUT2D eigenvalue weighted by Gasteiger charge is -2.31. The molecule has 1 aromatic carbocycles. The van der Waals surface area contributed by atoms with Gasteiger partial charge in [-0.2, -0.15) is 0 Å². The van der Waals surface area contributed by atoms with Gasteiger partial charge in [-0.05, 0) is 31.0 Å². The van der Waals surface area contributed by atoms with Crippen molar-refractivity contribution in [3.63, 3.8) is 0 Å². The number of amides is 2. The van der Waals surface area contributed by atoms with Crippen LogP contribution in [0.1, 0.15) is 47.2 Å². The highest BCUT2D eigenvalue weighted by molar-refractivity contribution is 5.99. The van der Waals surface area contributed by atoms with E-state index in [0.29, 0.717) is 55.6 Å². The summed E-state index contributed by atoms with van der Waals surface area (Å²) >= 11 is 0. The zero-order valence-corrected chi connectivity index (χ0v) is 16.8. The third-order valence-corrected chi connectivity index (χ3v) is 7.13. The zero-order valence-electron chi connectivity index (χ0n) is 16.8. The van der Waals surface area contributed by atoms with Crippen molar-refractivity contribution in [2.75, 3.05) is 24.5 Å². The van der Waals surface area contributed by atoms with Crippen LogP contribution in [-0.2, 0) is 25.3 Å². The molecule has 158 valence electrons. The molecule has 4 heterocycles. The Morgan fingerprint density at radius 2 is 1.94 bits per heavy atom. The van der Waals surface area contributed by atoms with Crippen molar-refractivity contribution in [3.8, 4) is 0 Å². The molecule has 1 aromatic heterocycles. The van der Waals surface area contributed by atoms with Crippen LogP contribution < -0.4 is 4.90 Å². The first-order valence-corrected chi connectivity index (χ1v) is 10.5. The van der Waals surface area contributed by atoms with E-state index in [9.17, 15) is 14.4 Å². The maximum absolute atomic E-state index is 15.0. The number of β-lactam (4-membered cyclic amide) rings is 1. The molecule has 1 spiro atoms. The number of aromatic nitrogens is 1. The summed E-state index contributed by atoms with van der Waals surface area (Å²) in [6.07, 6.45) is 5.26. The van der Waals surface area contributed by atoms with E-state index in [4.69, 9.17) is 4.74 Å². The molecule has 4 aliphatic rings. The van der Waals surface area contributed by atoms with E-state index >= 15 is 4.39 Å². The standard InChI is InChI=1S/C23H20FN3O4/c24-18-11-14(27-9-4-19(27)28)1-2-17(18)22(5-6-22)21(30)26-10-7-23(13-26)16-3-8-25-12-15(16)20(29)31-23/h1-3,8,11-12H,4-7,9-10,13H2/t23-/m0/s1. The van der Waals surface area contributed by atoms with Gasteiger partial charge in [0, 0.05) is 55.1 Å². The maximum atomic E-state index is 15.0. The molecular weight excluding hydrogens is 401 g/mol. The summed E-state index contributed by atoms with van der Waals surface area (Å²) in [7, 11) is 0. The molecule has 3 aliphatic heterocycles. The average Bonchev–Trinajstić information content (AvgIpc) is 3.37. The summed E-state index contributed by atoms with van der Waals surface area (Å²) in [5.74, 6) is -1.02. The lowest BCUT2D eigenvalue weighted by molar-refractivity contribution is -0.134. The van der Waals surface area contributed by atoms with Crippen LogP contribution in [0.5, 0.6) is 0 Å². The summed E-state index contributed by atoms with van der Waals surface area (Å²) in [5, 5.41) is 0. The third kappa shape index (κ3) is 2.50. The number of hydrogen-bond acceptors (Lipinski definition) is 5. The van der Waals surface area contributed by atoms with Crippen LogP contribution in [0.25, 0.3) is 0 Å². The van der Waals surface area contributed by atoms with Gasteiger partial charge in [-0.3, -0.25) is 14.6 Å². The Hall–Kier alpha value is -3.29. The normalized spacial score (nSPS) is 25.5. The Balaban J connectivity index is 1.26. The van der Waals surface area contributed by atoms with Crippen molar-refractivity contribution in [1.29, 1.82) is 0 Å². The van der Waals surface area contributed by atoms with E-state index < -0.39 is 22.8 Å². The summed E-state index contributed by atoms with van der Waals surface area (Å²) in [6, 6.07) is 6.49. The summed E-state index contributed by atoms with van der Waals surface area (Å²) in [5.41, 5.74) is 0.396. The molecule has 1 saturated carbocycles. The SMILES string of the molecule is O=C1O[C@]2(CCN(C(=O)C3(c4ccc(N5CCC5=O)cc4F)CC3)C2)c2ccncc21. The van der Waals surface area contributed by atoms with Gasteiger partial charge in [-0.15, -0.1) is 0 Å². The number of likely N-dealkylation sites (tertiary alicyclic amines) is 1. The van der Waals surface area contributed by atoms with E-state index in [-0.39, 0.29) is 18.4 Å². The van der Waals surface area contributed by atoms with Gasteiger partial charge in [0.05, 0.1) is 17.5 Å². The molecule has 2 amide bonds. The van der Waals surface area contributed by atoms with Gasteiger partial charge in [0.25, 0.3) is 0 Å². The van der Waals surface area contributed by atoms with Crippen LogP contribution in [0.3, 0.4) is 0 Å². The van der Waals surface area contributed by atoms with Crippen LogP contribution in [-0.4, -0.2) is 47.3 Å². The molecule has 3 fully saturated rings. The van der Waals surface area contributed by atoms with Gasteiger partial charge in [0.1, 0.15) is 5.82 Å². The van der Waals surface area contributed by atoms with Gasteiger partial charge < -0.3 is 14.5 Å². The van der Waals surface area contributed by atoms with Gasteiger partial charge >= 0.3 is 5.97 Å². The summed E-state index contributed by atoms with van der Waals surface area (Å²) in [6.45, 7) is 1.29. The largest absolute Gasteiger partial charge is 0.449 e. The fourth-order valence-electron chi connectivity index (χ4n) is 5.17. The smallest absolute Gasteiger partial charge is 0.341 e. The summed E-state index contributed by atoms with van der Waals surface area (Å²) in [4.78, 5) is 44.7. The van der Waals surface area contributed by atoms with Crippen LogP contribution in [0.4, 0.5) is 10.1 Å². The number of esters is 1. The number of fused-ring (bicyclic) bond motifs is 2. The fourth-order valence-corrected chi connectivity index (χ4v) is 5.17. The highest BCUT2D eigenvalue weighted by Gasteiger charge is 2.58. The Morgan fingerprint density at radius 3 is 2.61 bits per heavy atom. The molecule has 0 N–H and O–H groups in total. The second-order valence-electron chi connectivity index (χ2n) is 8.82. The number of anilines is 1. The van der Waals surface area contributed by atoms with Gasteiger partial charge in [0.15, 0.2) is 5.60 Å². The van der Waals surface area contributed by atoms with E-state index in [1.807, 2.05) is 0 Å². The second kappa shape index (κ2) is 6.12. The number of halogens is 1. The number of pyridine rings is 1. The van der Waals surface area contributed by atoms with E-state index in [0.717, 1.165) is 5.56 Å². The topological polar surface area (TPSA) is 79.8 Å². The first kappa shape index (κ1) is 18.5. The van der Waals surface area contributed by atoms with Crippen molar-refractivity contribution in [2.24, 2.45) is 0 Å². The first-order valence-electron chi connectivity index (χ1n) is 10.5. The highest BCUT2D eigenvalue weighted by Crippen LogP contribution is 2.53. The number of nitrogens with zero attached hydrogens (tertiary/aromatic N) is 3. The first-order chi connectivity index (χ1) is 14.9. The van der Waals surface area contributed by atoms with Crippen LogP contribution in [0, 0.1) is 5.82 Å². The van der Waals surface area contributed by atoms with Crippen molar-refractivity contribution >= 4 is 23.5 Å². The Morgan fingerprint density at radius 1 is 1.10 bits per heavy atom. The fraction of sp³-hybridized carbons (Fsp3) is 0.391. The Labute approximate surface area is 177 Å². The number of hydrogen-bond donors (Lipinski definition) is 0. The van der Waals surface area contributed by atoms with E-state index in [1.165, 1.54) is 12.3 Å². The molecule has 0 radical (unpaired) electrons. The second-order valence-corrected chi connectivity index (χ2v) is 8.82. The molecule has 0 bridgehead atoms. The molecule has 8 heteroatoms. The lowest BCUT2D eigenvalue weighted by atomic mass is 9.92. The average molecular weight is 421 g/mol. The third-order valence-electron chi connectivity index (χ3n) is 7.13. The van der Waals surface area contributed by atoms with E-state index in [1.54, 1.807) is 34.2 Å². The summed E-state index contributed by atoms with van der Waals surface area (Å²) < 4.78 is 20.7. The number of carbonyl (C=O) groups excluding carboxylic acids is 3.